The average Bonchev–Trinajstić information content (AvgIpc) is 3.15. The second kappa shape index (κ2) is 6.54. The molecule has 130 valence electrons. The second-order valence-corrected chi connectivity index (χ2v) is 7.52. The van der Waals surface area contributed by atoms with E-state index < -0.39 is 0 Å². The number of H-pyrrole nitrogens is 1. The molecule has 0 saturated carbocycles. The number of nitrogens with zero attached hydrogens (tertiary/aromatic N) is 1. The first kappa shape index (κ1) is 16.7. The lowest BCUT2D eigenvalue weighted by atomic mass is 10.2. The zero-order valence-electron chi connectivity index (χ0n) is 13.6. The molecule has 0 unspecified atom stereocenters. The van der Waals surface area contributed by atoms with Crippen molar-refractivity contribution in [1.82, 2.24) is 9.97 Å². The zero-order chi connectivity index (χ0) is 18.3. The van der Waals surface area contributed by atoms with Crippen LogP contribution in [0.4, 0.5) is 10.8 Å². The van der Waals surface area contributed by atoms with Crippen LogP contribution in [-0.2, 0) is 4.79 Å². The van der Waals surface area contributed by atoms with E-state index in [0.29, 0.717) is 16.5 Å². The molecule has 3 N–H and O–H groups in total. The summed E-state index contributed by atoms with van der Waals surface area (Å²) in [6.45, 7) is 1.46. The van der Waals surface area contributed by atoms with Gasteiger partial charge in [-0.15, -0.1) is 0 Å². The summed E-state index contributed by atoms with van der Waals surface area (Å²) in [6, 6.07) is 13.1. The molecule has 4 aromatic rings. The maximum Gasteiger partial charge on any atom is 0.275 e. The molecule has 2 aromatic carbocycles. The van der Waals surface area contributed by atoms with Crippen LogP contribution in [0.25, 0.3) is 21.1 Å². The van der Waals surface area contributed by atoms with Gasteiger partial charge in [0.1, 0.15) is 5.69 Å². The zero-order valence-corrected chi connectivity index (χ0v) is 16.0. The van der Waals surface area contributed by atoms with Crippen LogP contribution in [0.1, 0.15) is 17.4 Å². The van der Waals surface area contributed by atoms with Gasteiger partial charge in [-0.1, -0.05) is 29.5 Å². The van der Waals surface area contributed by atoms with E-state index in [9.17, 15) is 9.59 Å². The molecule has 0 aliphatic heterocycles. The molecule has 0 bridgehead atoms. The van der Waals surface area contributed by atoms with Gasteiger partial charge in [-0.05, 0) is 40.2 Å². The number of para-hydroxylation sites is 1. The summed E-state index contributed by atoms with van der Waals surface area (Å²) in [7, 11) is 0. The van der Waals surface area contributed by atoms with Crippen LogP contribution in [0.15, 0.2) is 46.9 Å². The van der Waals surface area contributed by atoms with Crippen molar-refractivity contribution in [3.63, 3.8) is 0 Å². The Kier molecular flexibility index (Phi) is 4.21. The van der Waals surface area contributed by atoms with E-state index >= 15 is 0 Å². The van der Waals surface area contributed by atoms with Crippen molar-refractivity contribution in [3.8, 4) is 0 Å². The highest BCUT2D eigenvalue weighted by molar-refractivity contribution is 9.10. The quantitative estimate of drug-likeness (QED) is 0.439. The monoisotopic (exact) mass is 428 g/mol. The van der Waals surface area contributed by atoms with Crippen molar-refractivity contribution in [3.05, 3.63) is 52.6 Å². The first-order valence-corrected chi connectivity index (χ1v) is 9.38. The minimum Gasteiger partial charge on any atom is -0.350 e. The highest BCUT2D eigenvalue weighted by Crippen LogP contribution is 2.31. The molecular weight excluding hydrogens is 416 g/mol. The van der Waals surface area contributed by atoms with Crippen LogP contribution >= 0.6 is 27.3 Å². The van der Waals surface area contributed by atoms with Crippen LogP contribution in [-0.4, -0.2) is 21.8 Å². The lowest BCUT2D eigenvalue weighted by Gasteiger charge is -1.99. The Bertz CT molecular complexity index is 1160. The number of hydrogen-bond acceptors (Lipinski definition) is 4. The number of benzene rings is 2. The van der Waals surface area contributed by atoms with Gasteiger partial charge in [0.2, 0.25) is 5.91 Å². The Balaban J connectivity index is 1.62. The van der Waals surface area contributed by atoms with Gasteiger partial charge in [-0.2, -0.15) is 0 Å². The van der Waals surface area contributed by atoms with Crippen molar-refractivity contribution in [2.24, 2.45) is 0 Å². The highest BCUT2D eigenvalue weighted by Gasteiger charge is 2.17. The fraction of sp³-hybridized carbons (Fsp3) is 0.0556. The molecule has 0 fully saturated rings. The van der Waals surface area contributed by atoms with Gasteiger partial charge in [-0.25, -0.2) is 4.98 Å². The van der Waals surface area contributed by atoms with Gasteiger partial charge in [0, 0.05) is 23.5 Å². The molecule has 0 atom stereocenters. The molecule has 2 aromatic heterocycles. The van der Waals surface area contributed by atoms with Gasteiger partial charge in [0.25, 0.3) is 5.91 Å². The number of thiazole rings is 1. The highest BCUT2D eigenvalue weighted by atomic mass is 79.9. The number of hydrogen-bond donors (Lipinski definition) is 3. The number of halogens is 1. The number of anilines is 2. The lowest BCUT2D eigenvalue weighted by Crippen LogP contribution is -2.12. The topological polar surface area (TPSA) is 86.9 Å². The molecule has 4 rings (SSSR count). The molecular formula is C18H13BrN4O2S. The van der Waals surface area contributed by atoms with Gasteiger partial charge >= 0.3 is 0 Å². The number of rotatable bonds is 3. The first-order chi connectivity index (χ1) is 12.5. The van der Waals surface area contributed by atoms with Crippen molar-refractivity contribution in [2.45, 2.75) is 6.92 Å². The van der Waals surface area contributed by atoms with Crippen molar-refractivity contribution in [2.75, 3.05) is 10.6 Å². The minimum atomic E-state index is -0.269. The molecule has 2 heterocycles. The summed E-state index contributed by atoms with van der Waals surface area (Å²) >= 11 is 4.83. The smallest absolute Gasteiger partial charge is 0.275 e. The van der Waals surface area contributed by atoms with Gasteiger partial charge < -0.3 is 10.3 Å². The molecule has 0 saturated heterocycles. The third-order valence-electron chi connectivity index (χ3n) is 3.80. The Morgan fingerprint density at radius 3 is 2.73 bits per heavy atom. The predicted molar refractivity (Wildman–Crippen MR) is 108 cm³/mol. The maximum absolute atomic E-state index is 12.6. The number of fused-ring (bicyclic) bond motifs is 2. The van der Waals surface area contributed by atoms with Crippen LogP contribution in [0.3, 0.4) is 0 Å². The van der Waals surface area contributed by atoms with E-state index in [2.05, 4.69) is 36.5 Å². The van der Waals surface area contributed by atoms with Gasteiger partial charge in [0.15, 0.2) is 5.13 Å². The van der Waals surface area contributed by atoms with E-state index in [4.69, 9.17) is 0 Å². The second-order valence-electron chi connectivity index (χ2n) is 5.70. The fourth-order valence-electron chi connectivity index (χ4n) is 2.68. The standard InChI is InChI=1S/C18H13BrN4O2S/c1-9(24)20-10-6-7-13-14(8-10)26-18(22-13)23-17(25)16-15(19)11-4-2-3-5-12(11)21-16/h2-8,21H,1H3,(H,20,24)(H,22,23,25). The van der Waals surface area contributed by atoms with Gasteiger partial charge in [0.05, 0.1) is 14.7 Å². The predicted octanol–water partition coefficient (Wildman–Crippen LogP) is 4.75. The normalized spacial score (nSPS) is 11.0. The Labute approximate surface area is 160 Å². The van der Waals surface area contributed by atoms with Crippen molar-refractivity contribution < 1.29 is 9.59 Å². The third-order valence-corrected chi connectivity index (χ3v) is 5.56. The number of carbonyl (C=O) groups is 2. The number of aromatic nitrogens is 2. The summed E-state index contributed by atoms with van der Waals surface area (Å²) < 4.78 is 1.60. The van der Waals surface area contributed by atoms with Crippen LogP contribution in [0.2, 0.25) is 0 Å². The summed E-state index contributed by atoms with van der Waals surface area (Å²) in [4.78, 5) is 31.4. The molecule has 2 amide bonds. The summed E-state index contributed by atoms with van der Waals surface area (Å²) in [5, 5.41) is 7.01. The van der Waals surface area contributed by atoms with Crippen LogP contribution < -0.4 is 10.6 Å². The Morgan fingerprint density at radius 2 is 1.96 bits per heavy atom. The fourth-order valence-corrected chi connectivity index (χ4v) is 4.21. The van der Waals surface area contributed by atoms with E-state index in [1.54, 1.807) is 6.07 Å². The molecule has 6 nitrogen and oxygen atoms in total. The third kappa shape index (κ3) is 3.09. The molecule has 0 aliphatic carbocycles. The van der Waals surface area contributed by atoms with E-state index in [-0.39, 0.29) is 11.8 Å². The minimum absolute atomic E-state index is 0.133. The number of amides is 2. The maximum atomic E-state index is 12.6. The Hall–Kier alpha value is -2.71. The molecule has 8 heteroatoms. The molecule has 0 spiro atoms. The van der Waals surface area contributed by atoms with Crippen molar-refractivity contribution in [1.29, 1.82) is 0 Å². The van der Waals surface area contributed by atoms with Crippen molar-refractivity contribution >= 4 is 71.0 Å². The largest absolute Gasteiger partial charge is 0.350 e. The summed E-state index contributed by atoms with van der Waals surface area (Å²) in [5.74, 6) is -0.403. The molecule has 26 heavy (non-hydrogen) atoms. The first-order valence-electron chi connectivity index (χ1n) is 7.77. The number of nitrogens with one attached hydrogen (secondary N) is 3. The lowest BCUT2D eigenvalue weighted by molar-refractivity contribution is -0.114. The van der Waals surface area contributed by atoms with Gasteiger partial charge in [-0.3, -0.25) is 14.9 Å². The average molecular weight is 429 g/mol. The van der Waals surface area contributed by atoms with E-state index in [1.165, 1.54) is 18.3 Å². The molecule has 0 radical (unpaired) electrons. The van der Waals surface area contributed by atoms with E-state index in [0.717, 1.165) is 25.6 Å². The SMILES string of the molecule is CC(=O)Nc1ccc2nc(NC(=O)c3[nH]c4ccccc4c3Br)sc2c1. The van der Waals surface area contributed by atoms with Crippen LogP contribution in [0.5, 0.6) is 0 Å². The number of carbonyl (C=O) groups excluding carboxylic acids is 2. The summed E-state index contributed by atoms with van der Waals surface area (Å²) in [5.41, 5.74) is 2.79. The molecule has 0 aliphatic rings. The Morgan fingerprint density at radius 1 is 1.15 bits per heavy atom. The summed E-state index contributed by atoms with van der Waals surface area (Å²) in [6.07, 6.45) is 0. The van der Waals surface area contributed by atoms with Crippen LogP contribution in [0, 0.1) is 0 Å². The van der Waals surface area contributed by atoms with E-state index in [1.807, 2.05) is 36.4 Å². The number of aromatic amines is 1.